The summed E-state index contributed by atoms with van der Waals surface area (Å²) in [6, 6.07) is 27.5. The van der Waals surface area contributed by atoms with Gasteiger partial charge in [0.25, 0.3) is 10.0 Å². The third-order valence-electron chi connectivity index (χ3n) is 7.35. The lowest BCUT2D eigenvalue weighted by atomic mass is 10.0. The maximum Gasteiger partial charge on any atom is 0.264 e. The van der Waals surface area contributed by atoms with Crippen LogP contribution < -0.4 is 9.62 Å². The minimum Gasteiger partial charge on any atom is -0.352 e. The number of sulfonamides is 1. The molecule has 4 aromatic carbocycles. The summed E-state index contributed by atoms with van der Waals surface area (Å²) < 4.78 is 29.1. The molecular formula is C34H34Cl3N3O4S. The molecule has 45 heavy (non-hydrogen) atoms. The van der Waals surface area contributed by atoms with E-state index >= 15 is 0 Å². The Hall–Kier alpha value is -3.56. The Morgan fingerprint density at radius 2 is 1.42 bits per heavy atom. The summed E-state index contributed by atoms with van der Waals surface area (Å²) in [4.78, 5) is 29.8. The second-order valence-electron chi connectivity index (χ2n) is 10.6. The van der Waals surface area contributed by atoms with Crippen LogP contribution in [0.1, 0.15) is 31.4 Å². The number of rotatable bonds is 13. The molecule has 236 valence electrons. The van der Waals surface area contributed by atoms with Gasteiger partial charge in [0.15, 0.2) is 0 Å². The molecule has 0 spiro atoms. The molecule has 4 aromatic rings. The van der Waals surface area contributed by atoms with E-state index in [1.807, 2.05) is 44.2 Å². The first-order chi connectivity index (χ1) is 21.5. The number of hydrogen-bond donors (Lipinski definition) is 1. The maximum atomic E-state index is 14.5. The van der Waals surface area contributed by atoms with Gasteiger partial charge in [0.2, 0.25) is 11.8 Å². The maximum absolute atomic E-state index is 14.5. The topological polar surface area (TPSA) is 86.8 Å². The van der Waals surface area contributed by atoms with Crippen LogP contribution in [0, 0.1) is 0 Å². The third-order valence-corrected chi connectivity index (χ3v) is 10.2. The molecule has 0 saturated heterocycles. The quantitative estimate of drug-likeness (QED) is 0.159. The van der Waals surface area contributed by atoms with E-state index in [9.17, 15) is 18.0 Å². The van der Waals surface area contributed by atoms with E-state index in [2.05, 4.69) is 5.32 Å². The first-order valence-electron chi connectivity index (χ1n) is 14.4. The number of halogens is 3. The lowest BCUT2D eigenvalue weighted by Crippen LogP contribution is -2.54. The van der Waals surface area contributed by atoms with Crippen LogP contribution in [-0.2, 0) is 32.6 Å². The van der Waals surface area contributed by atoms with Gasteiger partial charge in [-0.2, -0.15) is 0 Å². The highest BCUT2D eigenvalue weighted by molar-refractivity contribution is 7.92. The first-order valence-corrected chi connectivity index (χ1v) is 17.0. The van der Waals surface area contributed by atoms with Crippen molar-refractivity contribution in [3.8, 4) is 0 Å². The Morgan fingerprint density at radius 1 is 0.800 bits per heavy atom. The predicted molar refractivity (Wildman–Crippen MR) is 181 cm³/mol. The summed E-state index contributed by atoms with van der Waals surface area (Å²) in [6.07, 6.45) is 0.886. The summed E-state index contributed by atoms with van der Waals surface area (Å²) in [5.41, 5.74) is 1.58. The van der Waals surface area contributed by atoms with Gasteiger partial charge in [0, 0.05) is 24.0 Å². The van der Waals surface area contributed by atoms with Crippen LogP contribution in [0.25, 0.3) is 0 Å². The van der Waals surface area contributed by atoms with Crippen molar-refractivity contribution < 1.29 is 18.0 Å². The number of anilines is 1. The number of amides is 2. The largest absolute Gasteiger partial charge is 0.352 e. The van der Waals surface area contributed by atoms with Crippen molar-refractivity contribution in [1.82, 2.24) is 10.2 Å². The lowest BCUT2D eigenvalue weighted by Gasteiger charge is -2.34. The van der Waals surface area contributed by atoms with Gasteiger partial charge >= 0.3 is 0 Å². The monoisotopic (exact) mass is 685 g/mol. The van der Waals surface area contributed by atoms with Crippen LogP contribution in [-0.4, -0.2) is 43.8 Å². The molecule has 0 bridgehead atoms. The van der Waals surface area contributed by atoms with Crippen molar-refractivity contribution in [3.63, 3.8) is 0 Å². The highest BCUT2D eigenvalue weighted by atomic mass is 35.5. The highest BCUT2D eigenvalue weighted by Crippen LogP contribution is 2.35. The predicted octanol–water partition coefficient (Wildman–Crippen LogP) is 7.40. The standard InChI is InChI=1S/C34H34Cl3N3O4S/c1-3-24(2)38-34(42)31(21-25-11-6-4-7-12-25)39(22-26-17-19-27(35)20-18-26)32(41)23-40(30-16-10-15-29(36)33(30)37)45(43,44)28-13-8-5-9-14-28/h4-20,24,31H,3,21-23H2,1-2H3,(H,38,42)/t24-,31-/m0/s1. The van der Waals surface area contributed by atoms with Gasteiger partial charge in [-0.05, 0) is 60.9 Å². The minimum absolute atomic E-state index is 0.0178. The molecule has 7 nitrogen and oxygen atoms in total. The molecule has 0 unspecified atom stereocenters. The van der Waals surface area contributed by atoms with Crippen molar-refractivity contribution >= 4 is 62.3 Å². The second-order valence-corrected chi connectivity index (χ2v) is 13.7. The summed E-state index contributed by atoms with van der Waals surface area (Å²) in [5, 5.41) is 3.64. The van der Waals surface area contributed by atoms with Gasteiger partial charge in [-0.3, -0.25) is 13.9 Å². The molecule has 11 heteroatoms. The lowest BCUT2D eigenvalue weighted by molar-refractivity contribution is -0.140. The van der Waals surface area contributed by atoms with Gasteiger partial charge in [0.1, 0.15) is 12.6 Å². The molecule has 1 N–H and O–H groups in total. The van der Waals surface area contributed by atoms with Gasteiger partial charge in [0.05, 0.1) is 20.6 Å². The van der Waals surface area contributed by atoms with Crippen LogP contribution >= 0.6 is 34.8 Å². The van der Waals surface area contributed by atoms with E-state index in [0.717, 1.165) is 9.87 Å². The number of hydrogen-bond acceptors (Lipinski definition) is 4. The molecule has 0 heterocycles. The summed E-state index contributed by atoms with van der Waals surface area (Å²) in [6.45, 7) is 3.21. The van der Waals surface area contributed by atoms with Gasteiger partial charge in [-0.25, -0.2) is 8.42 Å². The number of benzene rings is 4. The van der Waals surface area contributed by atoms with E-state index in [4.69, 9.17) is 34.8 Å². The fourth-order valence-corrected chi connectivity index (χ4v) is 6.72. The molecule has 4 rings (SSSR count). The molecule has 0 aliphatic heterocycles. The minimum atomic E-state index is -4.30. The zero-order chi connectivity index (χ0) is 32.6. The number of nitrogens with one attached hydrogen (secondary N) is 1. The normalized spacial score (nSPS) is 12.6. The SMILES string of the molecule is CC[C@H](C)NC(=O)[C@H](Cc1ccccc1)N(Cc1ccc(Cl)cc1)C(=O)CN(c1cccc(Cl)c1Cl)S(=O)(=O)c1ccccc1. The highest BCUT2D eigenvalue weighted by Gasteiger charge is 2.35. The summed E-state index contributed by atoms with van der Waals surface area (Å²) in [5.74, 6) is -0.963. The second kappa shape index (κ2) is 15.6. The number of carbonyl (C=O) groups is 2. The Bertz CT molecular complexity index is 1710. The molecule has 2 amide bonds. The van der Waals surface area contributed by atoms with Crippen molar-refractivity contribution in [1.29, 1.82) is 0 Å². The molecule has 2 atom stereocenters. The summed E-state index contributed by atoms with van der Waals surface area (Å²) >= 11 is 19.0. The van der Waals surface area contributed by atoms with Crippen molar-refractivity contribution in [3.05, 3.63) is 129 Å². The number of carbonyl (C=O) groups excluding carboxylic acids is 2. The Balaban J connectivity index is 1.83. The van der Waals surface area contributed by atoms with E-state index in [-0.39, 0.29) is 45.5 Å². The first kappa shape index (κ1) is 34.3. The van der Waals surface area contributed by atoms with E-state index in [1.54, 1.807) is 48.5 Å². The van der Waals surface area contributed by atoms with Gasteiger partial charge in [-0.15, -0.1) is 0 Å². The van der Waals surface area contributed by atoms with Crippen molar-refractivity contribution in [2.45, 2.75) is 50.2 Å². The zero-order valence-electron chi connectivity index (χ0n) is 24.9. The van der Waals surface area contributed by atoms with Gasteiger partial charge in [-0.1, -0.05) is 108 Å². The number of nitrogens with zero attached hydrogens (tertiary/aromatic N) is 2. The Labute approximate surface area is 279 Å². The average molecular weight is 687 g/mol. The van der Waals surface area contributed by atoms with Crippen molar-refractivity contribution in [2.75, 3.05) is 10.8 Å². The van der Waals surface area contributed by atoms with Crippen LogP contribution in [0.2, 0.25) is 15.1 Å². The molecule has 0 aliphatic carbocycles. The molecule has 0 saturated carbocycles. The fraction of sp³-hybridized carbons (Fsp3) is 0.235. The van der Waals surface area contributed by atoms with Crippen LogP contribution in [0.5, 0.6) is 0 Å². The van der Waals surface area contributed by atoms with E-state index in [0.29, 0.717) is 17.0 Å². The molecular weight excluding hydrogens is 653 g/mol. The van der Waals surface area contributed by atoms with Crippen LogP contribution in [0.4, 0.5) is 5.69 Å². The fourth-order valence-electron chi connectivity index (χ4n) is 4.70. The van der Waals surface area contributed by atoms with E-state index in [1.165, 1.54) is 29.2 Å². The molecule has 0 radical (unpaired) electrons. The molecule has 0 fully saturated rings. The summed E-state index contributed by atoms with van der Waals surface area (Å²) in [7, 11) is -4.30. The Kier molecular flexibility index (Phi) is 11.9. The molecule has 0 aromatic heterocycles. The van der Waals surface area contributed by atoms with E-state index < -0.39 is 28.5 Å². The van der Waals surface area contributed by atoms with Crippen LogP contribution in [0.15, 0.2) is 108 Å². The smallest absolute Gasteiger partial charge is 0.264 e. The zero-order valence-corrected chi connectivity index (χ0v) is 28.0. The van der Waals surface area contributed by atoms with Crippen LogP contribution in [0.3, 0.4) is 0 Å². The third kappa shape index (κ3) is 8.79. The Morgan fingerprint density at radius 3 is 2.04 bits per heavy atom. The average Bonchev–Trinajstić information content (AvgIpc) is 3.04. The molecule has 0 aliphatic rings. The van der Waals surface area contributed by atoms with Crippen molar-refractivity contribution in [2.24, 2.45) is 0 Å². The van der Waals surface area contributed by atoms with Gasteiger partial charge < -0.3 is 10.2 Å².